The van der Waals surface area contributed by atoms with Crippen LogP contribution in [0, 0.1) is 5.92 Å². The van der Waals surface area contributed by atoms with E-state index in [2.05, 4.69) is 15.2 Å². The number of nitrogens with zero attached hydrogens (tertiary/aromatic N) is 3. The van der Waals surface area contributed by atoms with Gasteiger partial charge in [-0.15, -0.1) is 0 Å². The first kappa shape index (κ1) is 15.5. The second-order valence-electron chi connectivity index (χ2n) is 5.96. The van der Waals surface area contributed by atoms with E-state index in [1.165, 1.54) is 6.42 Å². The Kier molecular flexibility index (Phi) is 4.90. The number of hydrogen-bond acceptors (Lipinski definition) is 4. The lowest BCUT2D eigenvalue weighted by molar-refractivity contribution is -0.130. The zero-order valence-electron chi connectivity index (χ0n) is 13.4. The zero-order chi connectivity index (χ0) is 16.1. The van der Waals surface area contributed by atoms with Crippen molar-refractivity contribution in [2.45, 2.75) is 26.2 Å². The Morgan fingerprint density at radius 3 is 3.04 bits per heavy atom. The molecule has 3 heterocycles. The molecular weight excluding hydrogens is 292 g/mol. The molecule has 23 heavy (non-hydrogen) atoms. The Bertz CT molecular complexity index is 625. The summed E-state index contributed by atoms with van der Waals surface area (Å²) in [6, 6.07) is 5.72. The highest BCUT2D eigenvalue weighted by molar-refractivity contribution is 5.73. The number of piperidine rings is 1. The predicted octanol–water partition coefficient (Wildman–Crippen LogP) is 2.50. The fourth-order valence-electron chi connectivity index (χ4n) is 2.95. The van der Waals surface area contributed by atoms with Crippen LogP contribution in [0.5, 0.6) is 5.75 Å². The Hall–Kier alpha value is -2.37. The Morgan fingerprint density at radius 2 is 2.35 bits per heavy atom. The van der Waals surface area contributed by atoms with E-state index < -0.39 is 0 Å². The van der Waals surface area contributed by atoms with Crippen molar-refractivity contribution in [3.8, 4) is 17.1 Å². The average molecular weight is 314 g/mol. The van der Waals surface area contributed by atoms with E-state index >= 15 is 0 Å². The number of ether oxygens (including phenoxy) is 1. The van der Waals surface area contributed by atoms with E-state index in [0.29, 0.717) is 12.5 Å². The molecule has 0 spiro atoms. The summed E-state index contributed by atoms with van der Waals surface area (Å²) in [4.78, 5) is 17.8. The maximum atomic E-state index is 11.4. The number of pyridine rings is 1. The number of amides is 1. The largest absolute Gasteiger partial charge is 0.492 e. The summed E-state index contributed by atoms with van der Waals surface area (Å²) in [5.41, 5.74) is 1.74. The second kappa shape index (κ2) is 7.26. The summed E-state index contributed by atoms with van der Waals surface area (Å²) < 4.78 is 5.79. The van der Waals surface area contributed by atoms with Crippen molar-refractivity contribution in [1.82, 2.24) is 20.1 Å². The number of hydrogen-bond donors (Lipinski definition) is 1. The molecule has 1 N–H and O–H groups in total. The number of carbonyl (C=O) groups is 1. The molecule has 122 valence electrons. The van der Waals surface area contributed by atoms with Crippen LogP contribution >= 0.6 is 0 Å². The van der Waals surface area contributed by atoms with Gasteiger partial charge in [0, 0.05) is 26.2 Å². The van der Waals surface area contributed by atoms with Crippen molar-refractivity contribution >= 4 is 5.91 Å². The van der Waals surface area contributed by atoms with Gasteiger partial charge in [0.2, 0.25) is 5.91 Å². The van der Waals surface area contributed by atoms with Gasteiger partial charge in [0.1, 0.15) is 5.75 Å². The number of aromatic amines is 1. The van der Waals surface area contributed by atoms with Crippen molar-refractivity contribution in [3.63, 3.8) is 0 Å². The highest BCUT2D eigenvalue weighted by Gasteiger charge is 2.21. The zero-order valence-corrected chi connectivity index (χ0v) is 13.4. The van der Waals surface area contributed by atoms with Gasteiger partial charge < -0.3 is 9.64 Å². The third-order valence-electron chi connectivity index (χ3n) is 4.27. The average Bonchev–Trinajstić information content (AvgIpc) is 3.10. The van der Waals surface area contributed by atoms with Crippen molar-refractivity contribution in [1.29, 1.82) is 0 Å². The molecule has 0 saturated carbocycles. The first-order valence-corrected chi connectivity index (χ1v) is 8.06. The lowest BCUT2D eigenvalue weighted by Gasteiger charge is -2.32. The third-order valence-corrected chi connectivity index (χ3v) is 4.27. The molecule has 1 saturated heterocycles. The molecule has 1 amide bonds. The van der Waals surface area contributed by atoms with E-state index in [1.807, 2.05) is 23.1 Å². The predicted molar refractivity (Wildman–Crippen MR) is 86.9 cm³/mol. The van der Waals surface area contributed by atoms with Gasteiger partial charge in [-0.3, -0.25) is 14.9 Å². The fourth-order valence-corrected chi connectivity index (χ4v) is 2.95. The van der Waals surface area contributed by atoms with E-state index in [-0.39, 0.29) is 5.91 Å². The highest BCUT2D eigenvalue weighted by Crippen LogP contribution is 2.21. The normalized spacial score (nSPS) is 18.0. The van der Waals surface area contributed by atoms with Crippen LogP contribution in [0.2, 0.25) is 0 Å². The van der Waals surface area contributed by atoms with Crippen LogP contribution < -0.4 is 4.74 Å². The first-order chi connectivity index (χ1) is 11.2. The minimum Gasteiger partial charge on any atom is -0.492 e. The van der Waals surface area contributed by atoms with E-state index in [1.54, 1.807) is 19.3 Å². The Balaban J connectivity index is 1.46. The summed E-state index contributed by atoms with van der Waals surface area (Å²) in [5, 5.41) is 6.80. The molecule has 2 aromatic heterocycles. The molecule has 2 aromatic rings. The first-order valence-electron chi connectivity index (χ1n) is 8.06. The van der Waals surface area contributed by atoms with Gasteiger partial charge in [0.15, 0.2) is 0 Å². The van der Waals surface area contributed by atoms with E-state index in [9.17, 15) is 4.79 Å². The van der Waals surface area contributed by atoms with Crippen LogP contribution in [0.3, 0.4) is 0 Å². The number of rotatable bonds is 5. The molecule has 1 aliphatic rings. The summed E-state index contributed by atoms with van der Waals surface area (Å²) in [6.45, 7) is 4.05. The van der Waals surface area contributed by atoms with Crippen molar-refractivity contribution in [2.75, 3.05) is 19.7 Å². The Labute approximate surface area is 135 Å². The van der Waals surface area contributed by atoms with Gasteiger partial charge in [0.05, 0.1) is 24.2 Å². The molecule has 0 aliphatic carbocycles. The van der Waals surface area contributed by atoms with Gasteiger partial charge in [0.25, 0.3) is 0 Å². The Morgan fingerprint density at radius 1 is 1.43 bits per heavy atom. The molecule has 0 unspecified atom stereocenters. The second-order valence-corrected chi connectivity index (χ2v) is 5.96. The van der Waals surface area contributed by atoms with Gasteiger partial charge in [-0.25, -0.2) is 0 Å². The summed E-state index contributed by atoms with van der Waals surface area (Å²) >= 11 is 0. The summed E-state index contributed by atoms with van der Waals surface area (Å²) in [5.74, 6) is 1.48. The van der Waals surface area contributed by atoms with Crippen molar-refractivity contribution in [2.24, 2.45) is 5.92 Å². The maximum Gasteiger partial charge on any atom is 0.219 e. The number of likely N-dealkylation sites (tertiary alicyclic amines) is 1. The molecule has 1 aliphatic heterocycles. The highest BCUT2D eigenvalue weighted by atomic mass is 16.5. The molecule has 0 bridgehead atoms. The maximum absolute atomic E-state index is 11.4. The molecule has 0 radical (unpaired) electrons. The summed E-state index contributed by atoms with van der Waals surface area (Å²) in [6.07, 6.45) is 6.66. The van der Waals surface area contributed by atoms with E-state index in [4.69, 9.17) is 4.74 Å². The van der Waals surface area contributed by atoms with Crippen LogP contribution in [0.25, 0.3) is 11.4 Å². The van der Waals surface area contributed by atoms with Crippen LogP contribution in [-0.4, -0.2) is 45.7 Å². The lowest BCUT2D eigenvalue weighted by Crippen LogP contribution is -2.38. The smallest absolute Gasteiger partial charge is 0.219 e. The quantitative estimate of drug-likeness (QED) is 0.920. The van der Waals surface area contributed by atoms with Crippen molar-refractivity contribution in [3.05, 3.63) is 30.6 Å². The third kappa shape index (κ3) is 4.09. The molecule has 3 rings (SSSR count). The SMILES string of the molecule is CC(=O)N1CCC[C@H](CCOc2ccc(-c3ccn[nH]3)nc2)C1. The van der Waals surface area contributed by atoms with Crippen molar-refractivity contribution < 1.29 is 9.53 Å². The van der Waals surface area contributed by atoms with Gasteiger partial charge in [-0.05, 0) is 43.4 Å². The van der Waals surface area contributed by atoms with E-state index in [0.717, 1.165) is 43.1 Å². The fraction of sp³-hybridized carbons (Fsp3) is 0.471. The van der Waals surface area contributed by atoms with Gasteiger partial charge in [-0.1, -0.05) is 0 Å². The molecule has 1 fully saturated rings. The van der Waals surface area contributed by atoms with Crippen LogP contribution in [0.4, 0.5) is 0 Å². The van der Waals surface area contributed by atoms with Crippen LogP contribution in [0.1, 0.15) is 26.2 Å². The number of aromatic nitrogens is 3. The lowest BCUT2D eigenvalue weighted by atomic mass is 9.95. The van der Waals surface area contributed by atoms with Crippen LogP contribution in [0.15, 0.2) is 30.6 Å². The minimum absolute atomic E-state index is 0.175. The molecule has 1 atom stereocenters. The van der Waals surface area contributed by atoms with Gasteiger partial charge >= 0.3 is 0 Å². The number of H-pyrrole nitrogens is 1. The molecule has 6 heteroatoms. The topological polar surface area (TPSA) is 71.1 Å². The summed E-state index contributed by atoms with van der Waals surface area (Å²) in [7, 11) is 0. The molecule has 6 nitrogen and oxygen atoms in total. The van der Waals surface area contributed by atoms with Gasteiger partial charge in [-0.2, -0.15) is 5.10 Å². The molecular formula is C17H22N4O2. The number of carbonyl (C=O) groups excluding carboxylic acids is 1. The van der Waals surface area contributed by atoms with Crippen LogP contribution in [-0.2, 0) is 4.79 Å². The standard InChI is InChI=1S/C17H22N4O2/c1-13(22)21-9-2-3-14(12-21)7-10-23-15-4-5-16(18-11-15)17-6-8-19-20-17/h4-6,8,11,14H,2-3,7,9-10,12H2,1H3,(H,19,20)/t14-/m1/s1. The molecule has 0 aromatic carbocycles. The monoisotopic (exact) mass is 314 g/mol. The number of nitrogens with one attached hydrogen (secondary N) is 1. The minimum atomic E-state index is 0.175.